The number of carbonyl (C=O) groups excluding carboxylic acids is 3. The number of hydrogen-bond acceptors (Lipinski definition) is 6. The highest BCUT2D eigenvalue weighted by Crippen LogP contribution is 2.35. The van der Waals surface area contributed by atoms with Crippen LogP contribution in [0, 0.1) is 0 Å². The van der Waals surface area contributed by atoms with E-state index in [2.05, 4.69) is 15.4 Å². The van der Waals surface area contributed by atoms with Crippen LogP contribution in [0.1, 0.15) is 25.7 Å². The predicted octanol–water partition coefficient (Wildman–Crippen LogP) is 2.30. The van der Waals surface area contributed by atoms with Gasteiger partial charge in [-0.05, 0) is 61.4 Å². The van der Waals surface area contributed by atoms with E-state index in [4.69, 9.17) is 4.74 Å². The second-order valence-corrected chi connectivity index (χ2v) is 9.70. The second kappa shape index (κ2) is 8.74. The van der Waals surface area contributed by atoms with Crippen LogP contribution < -0.4 is 20.1 Å². The summed E-state index contributed by atoms with van der Waals surface area (Å²) in [5.74, 6) is -0.323. The molecule has 4 rings (SSSR count). The molecule has 0 radical (unpaired) electrons. The smallest absolute Gasteiger partial charge is 0.325 e. The van der Waals surface area contributed by atoms with Crippen LogP contribution in [0.2, 0.25) is 0 Å². The van der Waals surface area contributed by atoms with E-state index in [0.717, 1.165) is 17.7 Å². The van der Waals surface area contributed by atoms with Crippen molar-refractivity contribution in [3.05, 3.63) is 48.5 Å². The number of rotatable bonds is 7. The lowest BCUT2D eigenvalue weighted by atomic mass is 9.98. The Labute approximate surface area is 191 Å². The minimum absolute atomic E-state index is 0.00795. The van der Waals surface area contributed by atoms with Crippen molar-refractivity contribution in [3.63, 3.8) is 0 Å². The number of nitrogens with one attached hydrogen (secondary N) is 3. The number of carbonyl (C=O) groups is 3. The molecule has 3 N–H and O–H groups in total. The van der Waals surface area contributed by atoms with Gasteiger partial charge in [-0.1, -0.05) is 12.8 Å². The molecule has 174 valence electrons. The third-order valence-electron chi connectivity index (χ3n) is 5.80. The number of hydrogen-bond donors (Lipinski definition) is 3. The molecule has 0 unspecified atom stereocenters. The number of anilines is 2. The average Bonchev–Trinajstić information content (AvgIpc) is 3.35. The summed E-state index contributed by atoms with van der Waals surface area (Å²) in [6.45, 7) is -0.411. The quantitative estimate of drug-likeness (QED) is 0.530. The highest BCUT2D eigenvalue weighted by atomic mass is 32.2. The lowest BCUT2D eigenvalue weighted by Crippen LogP contribution is -2.44. The summed E-state index contributed by atoms with van der Waals surface area (Å²) in [7, 11) is -2.32. The van der Waals surface area contributed by atoms with Gasteiger partial charge in [0, 0.05) is 11.4 Å². The van der Waals surface area contributed by atoms with E-state index in [0.29, 0.717) is 30.0 Å². The third-order valence-corrected chi connectivity index (χ3v) is 7.19. The topological polar surface area (TPSA) is 134 Å². The molecule has 33 heavy (non-hydrogen) atoms. The molecule has 1 saturated carbocycles. The van der Waals surface area contributed by atoms with Crippen molar-refractivity contribution in [2.24, 2.45) is 0 Å². The molecule has 1 aliphatic heterocycles. The van der Waals surface area contributed by atoms with Crippen LogP contribution >= 0.6 is 0 Å². The average molecular weight is 473 g/mol. The van der Waals surface area contributed by atoms with Gasteiger partial charge in [-0.25, -0.2) is 13.2 Å². The molecule has 11 heteroatoms. The van der Waals surface area contributed by atoms with Gasteiger partial charge >= 0.3 is 6.03 Å². The van der Waals surface area contributed by atoms with Gasteiger partial charge in [0.1, 0.15) is 17.8 Å². The van der Waals surface area contributed by atoms with Crippen molar-refractivity contribution in [3.8, 4) is 5.75 Å². The second-order valence-electron chi connectivity index (χ2n) is 8.02. The summed E-state index contributed by atoms with van der Waals surface area (Å²) in [6, 6.07) is 11.4. The molecule has 10 nitrogen and oxygen atoms in total. The molecule has 0 atom stereocenters. The van der Waals surface area contributed by atoms with E-state index >= 15 is 0 Å². The molecule has 0 aromatic heterocycles. The molecule has 2 aromatic carbocycles. The molecule has 0 bridgehead atoms. The number of amides is 4. The maximum Gasteiger partial charge on any atom is 0.325 e. The van der Waals surface area contributed by atoms with Gasteiger partial charge in [0.2, 0.25) is 5.91 Å². The molecule has 1 spiro atoms. The molecular formula is C22H24N4O6S. The molecular weight excluding hydrogens is 448 g/mol. The fourth-order valence-corrected chi connectivity index (χ4v) is 5.13. The molecule has 2 aliphatic rings. The van der Waals surface area contributed by atoms with Crippen molar-refractivity contribution >= 4 is 39.2 Å². The summed E-state index contributed by atoms with van der Waals surface area (Å²) in [5.41, 5.74) is -0.155. The Balaban J connectivity index is 1.37. The van der Waals surface area contributed by atoms with Crippen molar-refractivity contribution in [2.75, 3.05) is 23.7 Å². The van der Waals surface area contributed by atoms with Crippen LogP contribution in [0.4, 0.5) is 16.2 Å². The summed E-state index contributed by atoms with van der Waals surface area (Å²) >= 11 is 0. The number of sulfonamides is 1. The number of nitrogens with zero attached hydrogens (tertiary/aromatic N) is 1. The number of imide groups is 1. The highest BCUT2D eigenvalue weighted by molar-refractivity contribution is 7.92. The number of urea groups is 1. The lowest BCUT2D eigenvalue weighted by molar-refractivity contribution is -0.133. The Morgan fingerprint density at radius 3 is 2.24 bits per heavy atom. The van der Waals surface area contributed by atoms with E-state index in [1.54, 1.807) is 24.3 Å². The summed E-state index contributed by atoms with van der Waals surface area (Å²) < 4.78 is 32.7. The Morgan fingerprint density at radius 1 is 1.03 bits per heavy atom. The maximum atomic E-state index is 12.7. The summed E-state index contributed by atoms with van der Waals surface area (Å²) in [5, 5.41) is 5.31. The Bertz CT molecular complexity index is 1170. The van der Waals surface area contributed by atoms with E-state index in [1.807, 2.05) is 0 Å². The Hall–Kier alpha value is -3.60. The molecule has 1 heterocycles. The van der Waals surface area contributed by atoms with E-state index in [-0.39, 0.29) is 10.8 Å². The first-order valence-electron chi connectivity index (χ1n) is 10.4. The van der Waals surface area contributed by atoms with Crippen molar-refractivity contribution < 1.29 is 27.5 Å². The van der Waals surface area contributed by atoms with Gasteiger partial charge in [-0.2, -0.15) is 0 Å². The monoisotopic (exact) mass is 472 g/mol. The first kappa shape index (κ1) is 22.6. The zero-order chi connectivity index (χ0) is 23.6. The van der Waals surface area contributed by atoms with Crippen LogP contribution in [-0.4, -0.2) is 50.4 Å². The molecule has 2 fully saturated rings. The van der Waals surface area contributed by atoms with E-state index < -0.39 is 34.0 Å². The minimum atomic E-state index is -3.83. The summed E-state index contributed by atoms with van der Waals surface area (Å²) in [6.07, 6.45) is 2.87. The van der Waals surface area contributed by atoms with Crippen molar-refractivity contribution in [1.29, 1.82) is 0 Å². The Morgan fingerprint density at radius 2 is 1.64 bits per heavy atom. The third kappa shape index (κ3) is 4.63. The molecule has 1 saturated heterocycles. The van der Waals surface area contributed by atoms with E-state index in [1.165, 1.54) is 31.4 Å². The van der Waals surface area contributed by atoms with Crippen molar-refractivity contribution in [1.82, 2.24) is 10.2 Å². The number of ether oxygens (including phenoxy) is 1. The van der Waals surface area contributed by atoms with Gasteiger partial charge in [0.25, 0.3) is 15.9 Å². The Kier molecular flexibility index (Phi) is 5.98. The van der Waals surface area contributed by atoms with Gasteiger partial charge < -0.3 is 15.4 Å². The zero-order valence-corrected chi connectivity index (χ0v) is 18.8. The van der Waals surface area contributed by atoms with Crippen LogP contribution in [0.3, 0.4) is 0 Å². The van der Waals surface area contributed by atoms with Gasteiger partial charge in [0.15, 0.2) is 0 Å². The standard InChI is InChI=1S/C22H24N4O6S/c1-32-17-8-4-16(5-9-17)25-33(30,31)18-10-6-15(7-11-18)23-19(27)14-26-20(28)22(24-21(26)29)12-2-3-13-22/h4-11,25H,2-3,12-14H2,1H3,(H,23,27)(H,24,29). The van der Waals surface area contributed by atoms with Crippen molar-refractivity contribution in [2.45, 2.75) is 36.1 Å². The van der Waals surface area contributed by atoms with Gasteiger partial charge in [-0.15, -0.1) is 0 Å². The molecule has 1 aliphatic carbocycles. The predicted molar refractivity (Wildman–Crippen MR) is 120 cm³/mol. The summed E-state index contributed by atoms with van der Waals surface area (Å²) in [4.78, 5) is 38.2. The first-order chi connectivity index (χ1) is 15.7. The SMILES string of the molecule is COc1ccc(NS(=O)(=O)c2ccc(NC(=O)CN3C(=O)NC4(CCCC4)C3=O)cc2)cc1. The van der Waals surface area contributed by atoms with Crippen LogP contribution in [0.25, 0.3) is 0 Å². The number of benzene rings is 2. The molecule has 4 amide bonds. The largest absolute Gasteiger partial charge is 0.497 e. The lowest BCUT2D eigenvalue weighted by Gasteiger charge is -2.19. The van der Waals surface area contributed by atoms with Crippen LogP contribution in [0.5, 0.6) is 5.75 Å². The normalized spacial score (nSPS) is 17.2. The fraction of sp³-hybridized carbons (Fsp3) is 0.318. The van der Waals surface area contributed by atoms with Crippen LogP contribution in [-0.2, 0) is 19.6 Å². The first-order valence-corrected chi connectivity index (χ1v) is 11.9. The van der Waals surface area contributed by atoms with Crippen LogP contribution in [0.15, 0.2) is 53.4 Å². The zero-order valence-electron chi connectivity index (χ0n) is 18.0. The maximum absolute atomic E-state index is 12.7. The fourth-order valence-electron chi connectivity index (χ4n) is 4.07. The highest BCUT2D eigenvalue weighted by Gasteiger charge is 2.52. The molecule has 2 aromatic rings. The van der Waals surface area contributed by atoms with Gasteiger partial charge in [0.05, 0.1) is 12.0 Å². The minimum Gasteiger partial charge on any atom is -0.497 e. The van der Waals surface area contributed by atoms with Gasteiger partial charge in [-0.3, -0.25) is 19.2 Å². The number of methoxy groups -OCH3 is 1. The van der Waals surface area contributed by atoms with E-state index in [9.17, 15) is 22.8 Å².